The number of carboxylic acid groups (broad SMARTS) is 1. The second kappa shape index (κ2) is 11.5. The standard InChI is InChI=1S/C18H28N6O4/c1-11(17(27)28)23-16(26)14(10-12-6-3-2-4-7-12)24-15(25)13(19)8-5-9-22-18(20)21/h2-4,6-7,11,13-14H,5,8-10,19H2,1H3,(H,23,26)(H,24,25)(H,27,28)(H4,20,21,22)/p+1/t11-,13-,14-/m0/s1. The van der Waals surface area contributed by atoms with Gasteiger partial charge in [-0.25, -0.2) is 0 Å². The van der Waals surface area contributed by atoms with E-state index in [2.05, 4.69) is 21.4 Å². The third-order valence-corrected chi connectivity index (χ3v) is 4.06. The van der Waals surface area contributed by atoms with Crippen LogP contribution >= 0.6 is 0 Å². The lowest BCUT2D eigenvalue weighted by atomic mass is 10.0. The largest absolute Gasteiger partial charge is 0.548 e. The summed E-state index contributed by atoms with van der Waals surface area (Å²) in [6.45, 7) is 1.80. The molecule has 1 rings (SSSR count). The van der Waals surface area contributed by atoms with Crippen molar-refractivity contribution in [1.29, 1.82) is 0 Å². The zero-order valence-corrected chi connectivity index (χ0v) is 15.9. The zero-order valence-electron chi connectivity index (χ0n) is 15.9. The number of rotatable bonds is 11. The lowest BCUT2D eigenvalue weighted by molar-refractivity contribution is -0.463. The van der Waals surface area contributed by atoms with Crippen LogP contribution in [0.15, 0.2) is 30.3 Å². The van der Waals surface area contributed by atoms with E-state index < -0.39 is 35.9 Å². The van der Waals surface area contributed by atoms with Crippen molar-refractivity contribution in [3.8, 4) is 0 Å². The molecule has 0 aromatic heterocycles. The first-order valence-electron chi connectivity index (χ1n) is 9.01. The SMILES string of the molecule is C[C@H](NC(=O)[C@H](Cc1ccccc1)NC(=O)[C@@H]([NH3+])CCC[NH+]=C(N)N)C(=O)[O-]. The van der Waals surface area contributed by atoms with Gasteiger partial charge in [0.1, 0.15) is 6.04 Å². The number of nitrogens with two attached hydrogens (primary N) is 2. The van der Waals surface area contributed by atoms with Crippen molar-refractivity contribution in [2.45, 2.75) is 44.3 Å². The van der Waals surface area contributed by atoms with E-state index in [-0.39, 0.29) is 12.4 Å². The number of hydrogen-bond acceptors (Lipinski definition) is 4. The molecule has 154 valence electrons. The van der Waals surface area contributed by atoms with Crippen LogP contribution in [0.25, 0.3) is 0 Å². The predicted octanol–water partition coefficient (Wildman–Crippen LogP) is -5.29. The van der Waals surface area contributed by atoms with E-state index >= 15 is 0 Å². The van der Waals surface area contributed by atoms with Gasteiger partial charge in [0, 0.05) is 12.8 Å². The van der Waals surface area contributed by atoms with Crippen molar-refractivity contribution in [1.82, 2.24) is 10.6 Å². The Bertz CT molecular complexity index is 691. The van der Waals surface area contributed by atoms with Gasteiger partial charge in [-0.15, -0.1) is 0 Å². The van der Waals surface area contributed by atoms with Crippen molar-refractivity contribution in [2.24, 2.45) is 11.5 Å². The molecule has 0 saturated heterocycles. The van der Waals surface area contributed by atoms with Gasteiger partial charge in [0.25, 0.3) is 5.91 Å². The molecule has 0 saturated carbocycles. The Balaban J connectivity index is 2.74. The van der Waals surface area contributed by atoms with Gasteiger partial charge >= 0.3 is 5.96 Å². The number of benzene rings is 1. The highest BCUT2D eigenvalue weighted by atomic mass is 16.4. The molecule has 0 aliphatic heterocycles. The maximum absolute atomic E-state index is 12.5. The second-order valence-corrected chi connectivity index (χ2v) is 6.52. The average Bonchev–Trinajstić information content (AvgIpc) is 2.64. The van der Waals surface area contributed by atoms with E-state index in [4.69, 9.17) is 11.5 Å². The number of hydrogen-bond donors (Lipinski definition) is 6. The number of carbonyl (C=O) groups excluding carboxylic acids is 3. The fraction of sp³-hybridized carbons (Fsp3) is 0.444. The maximum Gasteiger partial charge on any atom is 0.338 e. The smallest absolute Gasteiger partial charge is 0.338 e. The average molecular weight is 393 g/mol. The summed E-state index contributed by atoms with van der Waals surface area (Å²) in [5.74, 6) is -2.31. The van der Waals surface area contributed by atoms with Crippen LogP contribution < -0.4 is 37.9 Å². The van der Waals surface area contributed by atoms with Gasteiger partial charge in [0.15, 0.2) is 6.04 Å². The molecular weight excluding hydrogens is 364 g/mol. The minimum atomic E-state index is -1.41. The van der Waals surface area contributed by atoms with Crippen LogP contribution in [-0.2, 0) is 20.8 Å². The summed E-state index contributed by atoms with van der Waals surface area (Å²) in [4.78, 5) is 38.6. The van der Waals surface area contributed by atoms with Crippen LogP contribution in [0.1, 0.15) is 25.3 Å². The first kappa shape index (κ1) is 22.9. The highest BCUT2D eigenvalue weighted by Crippen LogP contribution is 2.05. The van der Waals surface area contributed by atoms with Gasteiger partial charge in [-0.1, -0.05) is 30.3 Å². The first-order valence-corrected chi connectivity index (χ1v) is 9.01. The van der Waals surface area contributed by atoms with Gasteiger partial charge in [-0.05, 0) is 18.9 Å². The summed E-state index contributed by atoms with van der Waals surface area (Å²) in [6, 6.07) is 6.38. The molecule has 10 nitrogen and oxygen atoms in total. The summed E-state index contributed by atoms with van der Waals surface area (Å²) < 4.78 is 0. The number of carbonyl (C=O) groups is 3. The van der Waals surface area contributed by atoms with Gasteiger partial charge in [-0.2, -0.15) is 0 Å². The quantitative estimate of drug-likeness (QED) is 0.123. The number of nitrogens with one attached hydrogen (secondary N) is 3. The summed E-state index contributed by atoms with van der Waals surface area (Å²) >= 11 is 0. The third-order valence-electron chi connectivity index (χ3n) is 4.06. The Morgan fingerprint density at radius 2 is 1.79 bits per heavy atom. The molecule has 0 heterocycles. The van der Waals surface area contributed by atoms with Crippen LogP contribution in [0.5, 0.6) is 0 Å². The number of guanidine groups is 1. The second-order valence-electron chi connectivity index (χ2n) is 6.52. The van der Waals surface area contributed by atoms with E-state index in [9.17, 15) is 19.5 Å². The number of carboxylic acids is 1. The van der Waals surface area contributed by atoms with Crippen molar-refractivity contribution >= 4 is 23.7 Å². The van der Waals surface area contributed by atoms with Crippen molar-refractivity contribution in [3.05, 3.63) is 35.9 Å². The molecule has 1 aromatic rings. The molecular formula is C18H29N6O4+. The molecule has 0 fully saturated rings. The third kappa shape index (κ3) is 8.49. The topological polar surface area (TPSA) is 192 Å². The monoisotopic (exact) mass is 393 g/mol. The van der Waals surface area contributed by atoms with E-state index in [1.165, 1.54) is 6.92 Å². The molecule has 0 unspecified atom stereocenters. The van der Waals surface area contributed by atoms with Crippen molar-refractivity contribution in [2.75, 3.05) is 6.54 Å². The summed E-state index contributed by atoms with van der Waals surface area (Å²) in [7, 11) is 0. The highest BCUT2D eigenvalue weighted by molar-refractivity contribution is 5.91. The molecule has 10 heteroatoms. The maximum atomic E-state index is 12.5. The van der Waals surface area contributed by atoms with Gasteiger partial charge in [0.2, 0.25) is 5.91 Å². The Morgan fingerprint density at radius 3 is 2.36 bits per heavy atom. The molecule has 0 aliphatic rings. The Labute approximate surface area is 163 Å². The molecule has 3 atom stereocenters. The van der Waals surface area contributed by atoms with E-state index in [1.807, 2.05) is 30.3 Å². The summed E-state index contributed by atoms with van der Waals surface area (Å²) in [5, 5.41) is 15.9. The van der Waals surface area contributed by atoms with E-state index in [0.29, 0.717) is 19.4 Å². The normalized spacial score (nSPS) is 13.6. The molecule has 0 spiro atoms. The van der Waals surface area contributed by atoms with Crippen molar-refractivity contribution < 1.29 is 30.2 Å². The minimum Gasteiger partial charge on any atom is -0.548 e. The number of amides is 2. The fourth-order valence-electron chi connectivity index (χ4n) is 2.43. The Morgan fingerprint density at radius 1 is 1.14 bits per heavy atom. The zero-order chi connectivity index (χ0) is 21.1. The minimum absolute atomic E-state index is 0.103. The van der Waals surface area contributed by atoms with E-state index in [0.717, 1.165) is 5.56 Å². The lowest BCUT2D eigenvalue weighted by Gasteiger charge is -2.22. The number of aliphatic carboxylic acids is 1. The van der Waals surface area contributed by atoms with Gasteiger partial charge in [-0.3, -0.25) is 26.0 Å². The van der Waals surface area contributed by atoms with E-state index in [1.54, 1.807) is 0 Å². The Kier molecular flexibility index (Phi) is 9.44. The first-order chi connectivity index (χ1) is 13.2. The highest BCUT2D eigenvalue weighted by Gasteiger charge is 2.26. The molecule has 10 N–H and O–H groups in total. The molecule has 2 amide bonds. The van der Waals surface area contributed by atoms with Crippen LogP contribution in [0.3, 0.4) is 0 Å². The Hall–Kier alpha value is -3.14. The van der Waals surface area contributed by atoms with Crippen LogP contribution in [0.2, 0.25) is 0 Å². The van der Waals surface area contributed by atoms with Gasteiger partial charge < -0.3 is 26.3 Å². The van der Waals surface area contributed by atoms with Crippen LogP contribution in [-0.4, -0.2) is 48.4 Å². The molecule has 1 aromatic carbocycles. The summed E-state index contributed by atoms with van der Waals surface area (Å²) in [5.41, 5.74) is 15.2. The lowest BCUT2D eigenvalue weighted by Crippen LogP contribution is -2.78. The predicted molar refractivity (Wildman–Crippen MR) is 99.8 cm³/mol. The van der Waals surface area contributed by atoms with Crippen LogP contribution in [0, 0.1) is 0 Å². The number of quaternary nitrogens is 1. The fourth-order valence-corrected chi connectivity index (χ4v) is 2.43. The van der Waals surface area contributed by atoms with Crippen molar-refractivity contribution in [3.63, 3.8) is 0 Å². The van der Waals surface area contributed by atoms with Crippen LogP contribution in [0.4, 0.5) is 0 Å². The molecule has 0 aliphatic carbocycles. The molecule has 0 bridgehead atoms. The van der Waals surface area contributed by atoms with Gasteiger partial charge in [0.05, 0.1) is 18.6 Å². The summed E-state index contributed by atoms with van der Waals surface area (Å²) in [6.07, 6.45) is 1.28. The molecule has 28 heavy (non-hydrogen) atoms. The molecule has 0 radical (unpaired) electrons.